The van der Waals surface area contributed by atoms with Crippen LogP contribution in [-0.4, -0.2) is 45.8 Å². The normalized spacial score (nSPS) is 12.5. The van der Waals surface area contributed by atoms with E-state index in [1.54, 1.807) is 68.7 Å². The molecular formula is C21H24N2O5S. The highest BCUT2D eigenvalue weighted by molar-refractivity contribution is 7.92. The third kappa shape index (κ3) is 7.52. The summed E-state index contributed by atoms with van der Waals surface area (Å²) in [6.07, 6.45) is 0.179. The standard InChI is InChI=1S/C21H24N2O5S/c1-23(2)21(25)20(18-11-7-4-8-12-18)28-19(24)13-15-22-29(26,27)16-14-17-9-5-3-6-10-17/h3-12,14,16,20,22H,13,15H2,1-2H3/b16-14+/t20-/m1/s1. The van der Waals surface area contributed by atoms with Gasteiger partial charge in [-0.3, -0.25) is 9.59 Å². The predicted octanol–water partition coefficient (Wildman–Crippen LogP) is 2.34. The lowest BCUT2D eigenvalue weighted by Gasteiger charge is -2.21. The number of hydrogen-bond acceptors (Lipinski definition) is 5. The number of hydrogen-bond donors (Lipinski definition) is 1. The van der Waals surface area contributed by atoms with Crippen LogP contribution in [0.3, 0.4) is 0 Å². The average Bonchev–Trinajstić information content (AvgIpc) is 2.71. The molecule has 0 heterocycles. The lowest BCUT2D eigenvalue weighted by molar-refractivity contribution is -0.159. The van der Waals surface area contributed by atoms with Crippen LogP contribution < -0.4 is 4.72 Å². The van der Waals surface area contributed by atoms with Gasteiger partial charge in [0.2, 0.25) is 16.1 Å². The molecule has 0 radical (unpaired) electrons. The molecular weight excluding hydrogens is 392 g/mol. The van der Waals surface area contributed by atoms with Crippen molar-refractivity contribution in [3.8, 4) is 0 Å². The molecule has 7 nitrogen and oxygen atoms in total. The van der Waals surface area contributed by atoms with Crippen LogP contribution in [0.4, 0.5) is 0 Å². The van der Waals surface area contributed by atoms with Gasteiger partial charge in [0.25, 0.3) is 5.91 Å². The molecule has 29 heavy (non-hydrogen) atoms. The molecule has 0 aromatic heterocycles. The van der Waals surface area contributed by atoms with Crippen LogP contribution in [0.5, 0.6) is 0 Å². The quantitative estimate of drug-likeness (QED) is 0.634. The third-order valence-electron chi connectivity index (χ3n) is 3.89. The van der Waals surface area contributed by atoms with Crippen molar-refractivity contribution in [1.82, 2.24) is 9.62 Å². The van der Waals surface area contributed by atoms with Crippen LogP contribution in [0.15, 0.2) is 66.1 Å². The second-order valence-corrected chi connectivity index (χ2v) is 8.07. The zero-order valence-corrected chi connectivity index (χ0v) is 17.1. The maximum atomic E-state index is 12.4. The van der Waals surface area contributed by atoms with E-state index in [2.05, 4.69) is 4.72 Å². The fourth-order valence-corrected chi connectivity index (χ4v) is 3.21. The minimum Gasteiger partial charge on any atom is -0.447 e. The molecule has 1 amide bonds. The predicted molar refractivity (Wildman–Crippen MR) is 111 cm³/mol. The topological polar surface area (TPSA) is 92.8 Å². The third-order valence-corrected chi connectivity index (χ3v) is 4.99. The van der Waals surface area contributed by atoms with Crippen molar-refractivity contribution >= 4 is 28.0 Å². The average molecular weight is 416 g/mol. The molecule has 1 N–H and O–H groups in total. The van der Waals surface area contributed by atoms with E-state index in [1.165, 1.54) is 11.0 Å². The van der Waals surface area contributed by atoms with E-state index in [0.29, 0.717) is 5.56 Å². The molecule has 0 saturated carbocycles. The van der Waals surface area contributed by atoms with Crippen LogP contribution in [0.25, 0.3) is 6.08 Å². The van der Waals surface area contributed by atoms with Crippen LogP contribution in [0, 0.1) is 0 Å². The highest BCUT2D eigenvalue weighted by atomic mass is 32.2. The number of amides is 1. The molecule has 154 valence electrons. The number of rotatable bonds is 9. The highest BCUT2D eigenvalue weighted by Gasteiger charge is 2.26. The maximum Gasteiger partial charge on any atom is 0.308 e. The minimum atomic E-state index is -3.70. The molecule has 1 atom stereocenters. The van der Waals surface area contributed by atoms with Gasteiger partial charge >= 0.3 is 5.97 Å². The first-order chi connectivity index (χ1) is 13.8. The Morgan fingerprint density at radius 2 is 1.62 bits per heavy atom. The number of esters is 1. The van der Waals surface area contributed by atoms with Crippen molar-refractivity contribution in [2.75, 3.05) is 20.6 Å². The fraction of sp³-hybridized carbons (Fsp3) is 0.238. The summed E-state index contributed by atoms with van der Waals surface area (Å²) in [6, 6.07) is 17.6. The molecule has 8 heteroatoms. The molecule has 0 fully saturated rings. The van der Waals surface area contributed by atoms with E-state index in [-0.39, 0.29) is 18.9 Å². The van der Waals surface area contributed by atoms with Crippen molar-refractivity contribution in [2.45, 2.75) is 12.5 Å². The van der Waals surface area contributed by atoms with Gasteiger partial charge in [-0.05, 0) is 11.6 Å². The number of sulfonamides is 1. The molecule has 2 aromatic rings. The Kier molecular flexibility index (Phi) is 8.11. The van der Waals surface area contributed by atoms with Gasteiger partial charge in [-0.15, -0.1) is 0 Å². The van der Waals surface area contributed by atoms with E-state index >= 15 is 0 Å². The molecule has 2 rings (SSSR count). The molecule has 0 bridgehead atoms. The SMILES string of the molecule is CN(C)C(=O)[C@H](OC(=O)CCNS(=O)(=O)/C=C/c1ccccc1)c1ccccc1. The van der Waals surface area contributed by atoms with Crippen molar-refractivity contribution in [1.29, 1.82) is 0 Å². The summed E-state index contributed by atoms with van der Waals surface area (Å²) >= 11 is 0. The molecule has 0 spiro atoms. The van der Waals surface area contributed by atoms with E-state index in [1.807, 2.05) is 6.07 Å². The number of carbonyl (C=O) groups is 2. The zero-order valence-electron chi connectivity index (χ0n) is 16.3. The summed E-state index contributed by atoms with van der Waals surface area (Å²) in [5.74, 6) is -1.06. The van der Waals surface area contributed by atoms with Gasteiger partial charge in [0.1, 0.15) is 0 Å². The van der Waals surface area contributed by atoms with Crippen molar-refractivity contribution in [3.63, 3.8) is 0 Å². The van der Waals surface area contributed by atoms with Gasteiger partial charge in [0.15, 0.2) is 0 Å². The Bertz CT molecular complexity index is 942. The second kappa shape index (κ2) is 10.5. The number of likely N-dealkylation sites (N-methyl/N-ethyl adjacent to an activating group) is 1. The minimum absolute atomic E-state index is 0.141. The Labute approximate surface area is 171 Å². The molecule has 0 aliphatic rings. The summed E-state index contributed by atoms with van der Waals surface area (Å²) in [7, 11) is -0.562. The maximum absolute atomic E-state index is 12.4. The van der Waals surface area contributed by atoms with E-state index in [0.717, 1.165) is 11.0 Å². The van der Waals surface area contributed by atoms with Crippen molar-refractivity contribution < 1.29 is 22.7 Å². The number of ether oxygens (including phenoxy) is 1. The number of carbonyl (C=O) groups excluding carboxylic acids is 2. The summed E-state index contributed by atoms with van der Waals surface area (Å²) in [6.45, 7) is -0.141. The lowest BCUT2D eigenvalue weighted by atomic mass is 10.1. The molecule has 2 aromatic carbocycles. The Hall–Kier alpha value is -2.97. The number of nitrogens with zero attached hydrogens (tertiary/aromatic N) is 1. The van der Waals surface area contributed by atoms with E-state index < -0.39 is 22.1 Å². The first kappa shape index (κ1) is 22.3. The van der Waals surface area contributed by atoms with Gasteiger partial charge in [-0.25, -0.2) is 13.1 Å². The van der Waals surface area contributed by atoms with E-state index in [9.17, 15) is 18.0 Å². The number of benzene rings is 2. The summed E-state index contributed by atoms with van der Waals surface area (Å²) in [4.78, 5) is 25.9. The van der Waals surface area contributed by atoms with Crippen LogP contribution in [-0.2, 0) is 24.3 Å². The summed E-state index contributed by atoms with van der Waals surface area (Å²) in [5, 5.41) is 1.04. The zero-order chi connectivity index (χ0) is 21.3. The Morgan fingerprint density at radius 3 is 2.21 bits per heavy atom. The van der Waals surface area contributed by atoms with Crippen molar-refractivity contribution in [2.24, 2.45) is 0 Å². The highest BCUT2D eigenvalue weighted by Crippen LogP contribution is 2.20. The first-order valence-electron chi connectivity index (χ1n) is 8.97. The largest absolute Gasteiger partial charge is 0.447 e. The van der Waals surface area contributed by atoms with Crippen molar-refractivity contribution in [3.05, 3.63) is 77.2 Å². The summed E-state index contributed by atoms with van der Waals surface area (Å²) in [5.41, 5.74) is 1.29. The first-order valence-corrected chi connectivity index (χ1v) is 10.5. The van der Waals surface area contributed by atoms with Crippen LogP contribution in [0.2, 0.25) is 0 Å². The van der Waals surface area contributed by atoms with Gasteiger partial charge < -0.3 is 9.64 Å². The summed E-state index contributed by atoms with van der Waals surface area (Å²) < 4.78 is 31.7. The lowest BCUT2D eigenvalue weighted by Crippen LogP contribution is -2.32. The monoisotopic (exact) mass is 416 g/mol. The second-order valence-electron chi connectivity index (χ2n) is 6.42. The molecule has 0 aliphatic carbocycles. The Morgan fingerprint density at radius 1 is 1.03 bits per heavy atom. The van der Waals surface area contributed by atoms with Gasteiger partial charge in [-0.1, -0.05) is 60.7 Å². The molecule has 0 aliphatic heterocycles. The molecule has 0 unspecified atom stereocenters. The Balaban J connectivity index is 1.92. The number of nitrogens with one attached hydrogen (secondary N) is 1. The van der Waals surface area contributed by atoms with Gasteiger partial charge in [0, 0.05) is 31.6 Å². The van der Waals surface area contributed by atoms with E-state index in [4.69, 9.17) is 4.74 Å². The fourth-order valence-electron chi connectivity index (χ4n) is 2.39. The van der Waals surface area contributed by atoms with Crippen LogP contribution >= 0.6 is 0 Å². The smallest absolute Gasteiger partial charge is 0.308 e. The van der Waals surface area contributed by atoms with Gasteiger partial charge in [0.05, 0.1) is 6.42 Å². The van der Waals surface area contributed by atoms with Gasteiger partial charge in [-0.2, -0.15) is 0 Å². The molecule has 0 saturated heterocycles. The van der Waals surface area contributed by atoms with Crippen LogP contribution in [0.1, 0.15) is 23.7 Å².